The van der Waals surface area contributed by atoms with Crippen molar-refractivity contribution >= 4 is 23.3 Å². The fourth-order valence-electron chi connectivity index (χ4n) is 5.26. The summed E-state index contributed by atoms with van der Waals surface area (Å²) in [5, 5.41) is 6.30. The van der Waals surface area contributed by atoms with Crippen LogP contribution >= 0.6 is 0 Å². The van der Waals surface area contributed by atoms with E-state index >= 15 is 0 Å². The summed E-state index contributed by atoms with van der Waals surface area (Å²) in [4.78, 5) is 35.5. The number of piperidine rings is 1. The molecule has 2 amide bonds. The zero-order valence-corrected chi connectivity index (χ0v) is 21.5. The molecule has 2 N–H and O–H groups in total. The van der Waals surface area contributed by atoms with Crippen molar-refractivity contribution in [1.29, 1.82) is 0 Å². The van der Waals surface area contributed by atoms with E-state index in [4.69, 9.17) is 0 Å². The van der Waals surface area contributed by atoms with Crippen molar-refractivity contribution in [1.82, 2.24) is 15.2 Å². The highest BCUT2D eigenvalue weighted by atomic mass is 16.2. The fourth-order valence-corrected chi connectivity index (χ4v) is 5.26. The number of anilines is 2. The summed E-state index contributed by atoms with van der Waals surface area (Å²) in [6.45, 7) is 6.72. The van der Waals surface area contributed by atoms with Crippen LogP contribution in [0.15, 0.2) is 66.9 Å². The minimum atomic E-state index is -0.208. The molecule has 7 nitrogen and oxygen atoms in total. The summed E-state index contributed by atoms with van der Waals surface area (Å²) < 4.78 is 0. The van der Waals surface area contributed by atoms with Gasteiger partial charge in [0.1, 0.15) is 5.82 Å². The van der Waals surface area contributed by atoms with Crippen LogP contribution in [0.3, 0.4) is 0 Å². The van der Waals surface area contributed by atoms with Gasteiger partial charge in [0.2, 0.25) is 0 Å². The van der Waals surface area contributed by atoms with E-state index in [0.717, 1.165) is 64.1 Å². The fraction of sp³-hybridized carbons (Fsp3) is 0.367. The van der Waals surface area contributed by atoms with Crippen LogP contribution in [0.4, 0.5) is 11.5 Å². The highest BCUT2D eigenvalue weighted by Crippen LogP contribution is 2.27. The standard InChI is InChI=1S/C30H35N5O2/c1-22-6-5-9-25(18-22)29(36)33-26-20-27(28(32-21-26)34-16-12-31-13-17-34)30(37)35-14-10-24(11-15-35)19-23-7-3-2-4-8-23/h2-9,18,20-21,24,31H,10-17,19H2,1H3,(H,33,36). The van der Waals surface area contributed by atoms with Crippen LogP contribution in [0.1, 0.15) is 44.7 Å². The van der Waals surface area contributed by atoms with Gasteiger partial charge in [-0.3, -0.25) is 9.59 Å². The molecule has 0 bridgehead atoms. The van der Waals surface area contributed by atoms with E-state index < -0.39 is 0 Å². The molecule has 3 heterocycles. The number of likely N-dealkylation sites (tertiary alicyclic amines) is 1. The molecule has 0 atom stereocenters. The molecule has 2 aliphatic heterocycles. The second-order valence-corrected chi connectivity index (χ2v) is 10.1. The number of nitrogens with zero attached hydrogens (tertiary/aromatic N) is 3. The van der Waals surface area contributed by atoms with Crippen molar-refractivity contribution < 1.29 is 9.59 Å². The number of hydrogen-bond acceptors (Lipinski definition) is 5. The molecule has 0 aliphatic carbocycles. The smallest absolute Gasteiger partial charge is 0.257 e. The van der Waals surface area contributed by atoms with E-state index in [0.29, 0.717) is 28.6 Å². The highest BCUT2D eigenvalue weighted by molar-refractivity contribution is 6.06. The summed E-state index contributed by atoms with van der Waals surface area (Å²) in [6, 6.07) is 19.8. The first-order valence-electron chi connectivity index (χ1n) is 13.2. The summed E-state index contributed by atoms with van der Waals surface area (Å²) in [6.07, 6.45) is 4.69. The van der Waals surface area contributed by atoms with E-state index in [1.54, 1.807) is 18.3 Å². The molecule has 7 heteroatoms. The van der Waals surface area contributed by atoms with Crippen molar-refractivity contribution in [3.8, 4) is 0 Å². The van der Waals surface area contributed by atoms with Gasteiger partial charge in [0, 0.05) is 44.8 Å². The lowest BCUT2D eigenvalue weighted by atomic mass is 9.90. The quantitative estimate of drug-likeness (QED) is 0.535. The number of aromatic nitrogens is 1. The van der Waals surface area contributed by atoms with Crippen molar-refractivity contribution in [3.05, 3.63) is 89.1 Å². The van der Waals surface area contributed by atoms with Crippen LogP contribution in [0, 0.1) is 12.8 Å². The van der Waals surface area contributed by atoms with Gasteiger partial charge in [0.05, 0.1) is 17.4 Å². The normalized spacial score (nSPS) is 16.5. The number of rotatable bonds is 6. The molecule has 3 aromatic rings. The van der Waals surface area contributed by atoms with Gasteiger partial charge in [-0.2, -0.15) is 0 Å². The van der Waals surface area contributed by atoms with Crippen molar-refractivity contribution in [2.24, 2.45) is 5.92 Å². The van der Waals surface area contributed by atoms with Gasteiger partial charge >= 0.3 is 0 Å². The molecule has 0 radical (unpaired) electrons. The van der Waals surface area contributed by atoms with Crippen LogP contribution in [0.5, 0.6) is 0 Å². The number of carbonyl (C=O) groups is 2. The number of hydrogen-bond donors (Lipinski definition) is 2. The van der Waals surface area contributed by atoms with Crippen molar-refractivity contribution in [2.75, 3.05) is 49.5 Å². The Kier molecular flexibility index (Phi) is 7.80. The van der Waals surface area contributed by atoms with E-state index in [1.165, 1.54) is 5.56 Å². The van der Waals surface area contributed by atoms with Crippen molar-refractivity contribution in [3.63, 3.8) is 0 Å². The summed E-state index contributed by atoms with van der Waals surface area (Å²) in [5.74, 6) is 1.06. The lowest BCUT2D eigenvalue weighted by Gasteiger charge is -2.34. The van der Waals surface area contributed by atoms with Gasteiger partial charge in [0.15, 0.2) is 0 Å². The van der Waals surface area contributed by atoms with E-state index in [1.807, 2.05) is 36.1 Å². The Morgan fingerprint density at radius 2 is 1.73 bits per heavy atom. The summed E-state index contributed by atoms with van der Waals surface area (Å²) in [7, 11) is 0. The maximum absolute atomic E-state index is 13.8. The third-order valence-corrected chi connectivity index (χ3v) is 7.32. The SMILES string of the molecule is Cc1cccc(C(=O)Nc2cnc(N3CCNCC3)c(C(=O)N3CCC(Cc4ccccc4)CC3)c2)c1. The summed E-state index contributed by atoms with van der Waals surface area (Å²) in [5.41, 5.74) is 4.05. The Bertz CT molecular complexity index is 1230. The van der Waals surface area contributed by atoms with Crippen LogP contribution in [-0.2, 0) is 6.42 Å². The van der Waals surface area contributed by atoms with E-state index in [2.05, 4.69) is 44.8 Å². The Morgan fingerprint density at radius 3 is 2.46 bits per heavy atom. The lowest BCUT2D eigenvalue weighted by Crippen LogP contribution is -2.45. The average Bonchev–Trinajstić information content (AvgIpc) is 2.94. The number of amides is 2. The maximum Gasteiger partial charge on any atom is 0.257 e. The van der Waals surface area contributed by atoms with Gasteiger partial charge in [-0.25, -0.2) is 4.98 Å². The number of piperazine rings is 1. The topological polar surface area (TPSA) is 77.6 Å². The number of pyridine rings is 1. The molecule has 1 aromatic heterocycles. The largest absolute Gasteiger partial charge is 0.353 e. The highest BCUT2D eigenvalue weighted by Gasteiger charge is 2.28. The lowest BCUT2D eigenvalue weighted by molar-refractivity contribution is 0.0690. The Morgan fingerprint density at radius 1 is 0.973 bits per heavy atom. The molecule has 5 rings (SSSR count). The third-order valence-electron chi connectivity index (χ3n) is 7.32. The monoisotopic (exact) mass is 497 g/mol. The Labute approximate surface area is 218 Å². The molecule has 2 saturated heterocycles. The first-order chi connectivity index (χ1) is 18.1. The minimum Gasteiger partial charge on any atom is -0.353 e. The third kappa shape index (κ3) is 6.17. The van der Waals surface area contributed by atoms with Crippen LogP contribution in [-0.4, -0.2) is 61.0 Å². The first kappa shape index (κ1) is 25.0. The molecule has 0 saturated carbocycles. The van der Waals surface area contributed by atoms with Crippen molar-refractivity contribution in [2.45, 2.75) is 26.2 Å². The summed E-state index contributed by atoms with van der Waals surface area (Å²) >= 11 is 0. The molecule has 0 spiro atoms. The van der Waals surface area contributed by atoms with Crippen LogP contribution in [0.2, 0.25) is 0 Å². The minimum absolute atomic E-state index is 0.00847. The molecule has 2 aliphatic rings. The van der Waals surface area contributed by atoms with Crippen LogP contribution in [0.25, 0.3) is 0 Å². The molecule has 2 fully saturated rings. The predicted octanol–water partition coefficient (Wildman–Crippen LogP) is 4.15. The van der Waals surface area contributed by atoms with Gasteiger partial charge in [-0.05, 0) is 55.9 Å². The number of aryl methyl sites for hydroxylation is 1. The zero-order chi connectivity index (χ0) is 25.6. The number of carbonyl (C=O) groups excluding carboxylic acids is 2. The molecular weight excluding hydrogens is 462 g/mol. The number of nitrogens with one attached hydrogen (secondary N) is 2. The predicted molar refractivity (Wildman–Crippen MR) is 147 cm³/mol. The Balaban J connectivity index is 1.33. The number of benzene rings is 2. The van der Waals surface area contributed by atoms with Gasteiger partial charge in [0.25, 0.3) is 11.8 Å². The zero-order valence-electron chi connectivity index (χ0n) is 21.5. The Hall–Kier alpha value is -3.71. The van der Waals surface area contributed by atoms with E-state index in [9.17, 15) is 9.59 Å². The first-order valence-corrected chi connectivity index (χ1v) is 13.2. The van der Waals surface area contributed by atoms with Gasteiger partial charge in [-0.15, -0.1) is 0 Å². The molecule has 2 aromatic carbocycles. The molecule has 192 valence electrons. The molecular formula is C30H35N5O2. The second kappa shape index (κ2) is 11.6. The van der Waals surface area contributed by atoms with Gasteiger partial charge < -0.3 is 20.4 Å². The average molecular weight is 498 g/mol. The molecule has 0 unspecified atom stereocenters. The van der Waals surface area contributed by atoms with E-state index in [-0.39, 0.29) is 11.8 Å². The molecule has 37 heavy (non-hydrogen) atoms. The maximum atomic E-state index is 13.8. The van der Waals surface area contributed by atoms with Gasteiger partial charge in [-0.1, -0.05) is 48.0 Å². The second-order valence-electron chi connectivity index (χ2n) is 10.1. The van der Waals surface area contributed by atoms with Crippen LogP contribution < -0.4 is 15.5 Å².